The number of fused-ring (bicyclic) bond motifs is 1. The summed E-state index contributed by atoms with van der Waals surface area (Å²) >= 11 is 0. The van der Waals surface area contributed by atoms with Gasteiger partial charge in [0.2, 0.25) is 0 Å². The van der Waals surface area contributed by atoms with Gasteiger partial charge in [0.15, 0.2) is 0 Å². The Balaban J connectivity index is 1.50. The van der Waals surface area contributed by atoms with Crippen LogP contribution in [-0.2, 0) is 17.9 Å². The number of carbonyl (C=O) groups is 1. The molecule has 1 N–H and O–H groups in total. The van der Waals surface area contributed by atoms with E-state index in [0.29, 0.717) is 13.2 Å². The van der Waals surface area contributed by atoms with Crippen molar-refractivity contribution >= 4 is 16.9 Å². The van der Waals surface area contributed by atoms with Crippen LogP contribution in [0.3, 0.4) is 0 Å². The first-order chi connectivity index (χ1) is 16.0. The average molecular weight is 440 g/mol. The van der Waals surface area contributed by atoms with Crippen molar-refractivity contribution in [2.75, 3.05) is 0 Å². The van der Waals surface area contributed by atoms with E-state index in [1.807, 2.05) is 30.3 Å². The molecule has 4 aromatic rings. The van der Waals surface area contributed by atoms with E-state index in [-0.39, 0.29) is 12.3 Å². The molecule has 0 bridgehead atoms. The number of nitrogens with zero attached hydrogens (tertiary/aromatic N) is 3. The van der Waals surface area contributed by atoms with Gasteiger partial charge < -0.3 is 14.4 Å². The number of carboxylic acid groups (broad SMARTS) is 1. The molecular formula is C27H25N3O3. The van der Waals surface area contributed by atoms with Crippen LogP contribution in [0.25, 0.3) is 10.9 Å². The standard InChI is InChI=1S/C27H25N3O3/c1-3-4-22(15-26(31)32)20-7-9-25(10-8-20)33-17-23-6-5-21-12-14-30(27(21)19(23)2)16-24-11-13-28-18-29-24/h5-14,18,22H,15-17H2,1-2H3,(H,31,32)/t22-/m0/s1. The maximum atomic E-state index is 11.1. The number of aryl methyl sites for hydroxylation is 1. The largest absolute Gasteiger partial charge is 0.489 e. The van der Waals surface area contributed by atoms with E-state index in [4.69, 9.17) is 9.84 Å². The zero-order valence-corrected chi connectivity index (χ0v) is 18.7. The van der Waals surface area contributed by atoms with E-state index in [1.165, 1.54) is 16.5 Å². The Labute approximate surface area is 192 Å². The van der Waals surface area contributed by atoms with Gasteiger partial charge >= 0.3 is 5.97 Å². The number of benzene rings is 2. The molecule has 2 aromatic carbocycles. The molecule has 33 heavy (non-hydrogen) atoms. The van der Waals surface area contributed by atoms with Crippen LogP contribution in [0.1, 0.15) is 41.6 Å². The highest BCUT2D eigenvalue weighted by atomic mass is 16.5. The molecule has 6 nitrogen and oxygen atoms in total. The third-order valence-corrected chi connectivity index (χ3v) is 5.65. The van der Waals surface area contributed by atoms with Crippen molar-refractivity contribution in [3.8, 4) is 17.6 Å². The van der Waals surface area contributed by atoms with Gasteiger partial charge in [-0.1, -0.05) is 30.2 Å². The minimum Gasteiger partial charge on any atom is -0.489 e. The fourth-order valence-corrected chi connectivity index (χ4v) is 3.96. The molecule has 0 amide bonds. The highest BCUT2D eigenvalue weighted by molar-refractivity contribution is 5.84. The Bertz CT molecular complexity index is 1320. The predicted molar refractivity (Wildman–Crippen MR) is 127 cm³/mol. The third kappa shape index (κ3) is 5.21. The van der Waals surface area contributed by atoms with E-state index in [1.54, 1.807) is 19.4 Å². The molecule has 0 unspecified atom stereocenters. The van der Waals surface area contributed by atoms with Crippen molar-refractivity contribution in [2.24, 2.45) is 0 Å². The predicted octanol–water partition coefficient (Wildman–Crippen LogP) is 4.95. The zero-order valence-electron chi connectivity index (χ0n) is 18.7. The molecule has 0 radical (unpaired) electrons. The summed E-state index contributed by atoms with van der Waals surface area (Å²) in [6, 6.07) is 15.7. The lowest BCUT2D eigenvalue weighted by Crippen LogP contribution is -2.05. The second-order valence-corrected chi connectivity index (χ2v) is 7.83. The minimum atomic E-state index is -0.863. The normalized spacial score (nSPS) is 11.6. The van der Waals surface area contributed by atoms with Crippen LogP contribution in [0, 0.1) is 18.8 Å². The number of aliphatic carboxylic acids is 1. The van der Waals surface area contributed by atoms with Crippen molar-refractivity contribution in [1.29, 1.82) is 0 Å². The first-order valence-corrected chi connectivity index (χ1v) is 10.7. The Hall–Kier alpha value is -4.11. The van der Waals surface area contributed by atoms with Gasteiger partial charge in [0.25, 0.3) is 0 Å². The molecule has 0 saturated heterocycles. The van der Waals surface area contributed by atoms with Crippen molar-refractivity contribution in [2.45, 2.75) is 39.3 Å². The van der Waals surface area contributed by atoms with Gasteiger partial charge in [-0.15, -0.1) is 5.92 Å². The van der Waals surface area contributed by atoms with Crippen LogP contribution in [0.2, 0.25) is 0 Å². The van der Waals surface area contributed by atoms with E-state index in [0.717, 1.165) is 22.6 Å². The fraction of sp³-hybridized carbons (Fsp3) is 0.222. The SMILES string of the molecule is CC#C[C@@H](CC(=O)O)c1ccc(OCc2ccc3ccn(Cc4ccncn4)c3c2C)cc1. The number of aromatic nitrogens is 3. The lowest BCUT2D eigenvalue weighted by Gasteiger charge is -2.13. The summed E-state index contributed by atoms with van der Waals surface area (Å²) in [5.74, 6) is 5.33. The lowest BCUT2D eigenvalue weighted by atomic mass is 9.96. The first-order valence-electron chi connectivity index (χ1n) is 10.7. The van der Waals surface area contributed by atoms with Gasteiger partial charge in [0, 0.05) is 12.4 Å². The molecule has 1 atom stereocenters. The van der Waals surface area contributed by atoms with Crippen molar-refractivity contribution in [3.63, 3.8) is 0 Å². The van der Waals surface area contributed by atoms with Gasteiger partial charge in [-0.25, -0.2) is 9.97 Å². The summed E-state index contributed by atoms with van der Waals surface area (Å²) in [6.07, 6.45) is 5.38. The summed E-state index contributed by atoms with van der Waals surface area (Å²) in [7, 11) is 0. The second-order valence-electron chi connectivity index (χ2n) is 7.83. The molecule has 2 aromatic heterocycles. The van der Waals surface area contributed by atoms with Gasteiger partial charge in [0.05, 0.1) is 30.1 Å². The lowest BCUT2D eigenvalue weighted by molar-refractivity contribution is -0.137. The highest BCUT2D eigenvalue weighted by Crippen LogP contribution is 2.26. The number of rotatable bonds is 8. The number of hydrogen-bond acceptors (Lipinski definition) is 4. The minimum absolute atomic E-state index is 0.0189. The van der Waals surface area contributed by atoms with Crippen LogP contribution in [0.15, 0.2) is 67.3 Å². The highest BCUT2D eigenvalue weighted by Gasteiger charge is 2.14. The summed E-state index contributed by atoms with van der Waals surface area (Å²) in [5, 5.41) is 10.3. The Morgan fingerprint density at radius 1 is 1.15 bits per heavy atom. The fourth-order valence-electron chi connectivity index (χ4n) is 3.96. The van der Waals surface area contributed by atoms with E-state index in [9.17, 15) is 4.79 Å². The van der Waals surface area contributed by atoms with Gasteiger partial charge in [-0.05, 0) is 60.2 Å². The topological polar surface area (TPSA) is 77.2 Å². The molecule has 2 heterocycles. The van der Waals surface area contributed by atoms with Crippen LogP contribution < -0.4 is 4.74 Å². The van der Waals surface area contributed by atoms with Crippen LogP contribution >= 0.6 is 0 Å². The summed E-state index contributed by atoms with van der Waals surface area (Å²) in [6.45, 7) is 4.94. The zero-order chi connectivity index (χ0) is 23.2. The number of hydrogen-bond donors (Lipinski definition) is 1. The maximum absolute atomic E-state index is 11.1. The van der Waals surface area contributed by atoms with Crippen molar-refractivity contribution in [3.05, 3.63) is 89.6 Å². The van der Waals surface area contributed by atoms with Crippen LogP contribution in [0.5, 0.6) is 5.75 Å². The van der Waals surface area contributed by atoms with E-state index < -0.39 is 5.97 Å². The van der Waals surface area contributed by atoms with Gasteiger partial charge in [-0.3, -0.25) is 4.79 Å². The summed E-state index contributed by atoms with van der Waals surface area (Å²) in [4.78, 5) is 19.4. The smallest absolute Gasteiger partial charge is 0.304 e. The summed E-state index contributed by atoms with van der Waals surface area (Å²) < 4.78 is 8.25. The quantitative estimate of drug-likeness (QED) is 0.393. The molecule has 4 rings (SSSR count). The van der Waals surface area contributed by atoms with Crippen molar-refractivity contribution < 1.29 is 14.6 Å². The molecule has 0 aliphatic heterocycles. The third-order valence-electron chi connectivity index (χ3n) is 5.65. The van der Waals surface area contributed by atoms with Crippen LogP contribution in [0.4, 0.5) is 0 Å². The molecule has 0 saturated carbocycles. The molecular weight excluding hydrogens is 414 g/mol. The number of ether oxygens (including phenoxy) is 1. The summed E-state index contributed by atoms with van der Waals surface area (Å²) in [5.41, 5.74) is 5.27. The molecule has 0 spiro atoms. The van der Waals surface area contributed by atoms with Crippen molar-refractivity contribution in [1.82, 2.24) is 14.5 Å². The average Bonchev–Trinajstić information content (AvgIpc) is 3.22. The Morgan fingerprint density at radius 3 is 2.67 bits per heavy atom. The molecule has 6 heteroatoms. The van der Waals surface area contributed by atoms with Gasteiger partial charge in [-0.2, -0.15) is 0 Å². The monoisotopic (exact) mass is 439 g/mol. The molecule has 0 fully saturated rings. The molecule has 0 aliphatic carbocycles. The first kappa shape index (κ1) is 22.1. The maximum Gasteiger partial charge on any atom is 0.304 e. The van der Waals surface area contributed by atoms with E-state index >= 15 is 0 Å². The Kier molecular flexibility index (Phi) is 6.70. The van der Waals surface area contributed by atoms with Crippen LogP contribution in [-0.4, -0.2) is 25.6 Å². The Morgan fingerprint density at radius 2 is 1.97 bits per heavy atom. The molecule has 0 aliphatic rings. The number of carboxylic acids is 1. The van der Waals surface area contributed by atoms with E-state index in [2.05, 4.69) is 57.7 Å². The van der Waals surface area contributed by atoms with Gasteiger partial charge in [0.1, 0.15) is 18.7 Å². The molecule has 166 valence electrons. The second kappa shape index (κ2) is 10.0.